The Morgan fingerprint density at radius 1 is 0.842 bits per heavy atom. The first-order valence-corrected chi connectivity index (χ1v) is 5.43. The van der Waals surface area contributed by atoms with Crippen molar-refractivity contribution in [1.82, 2.24) is 24.9 Å². The number of nitrogens with zero attached hydrogens (tertiary/aromatic N) is 5. The van der Waals surface area contributed by atoms with Crippen LogP contribution in [0.3, 0.4) is 0 Å². The molecule has 3 rings (SSSR count). The van der Waals surface area contributed by atoms with Gasteiger partial charge in [0.1, 0.15) is 5.69 Å². The van der Waals surface area contributed by atoms with Crippen LogP contribution >= 0.6 is 0 Å². The zero-order valence-corrected chi connectivity index (χ0v) is 9.78. The summed E-state index contributed by atoms with van der Waals surface area (Å²) in [6, 6.07) is 5.41. The van der Waals surface area contributed by atoms with Gasteiger partial charge in [-0.05, 0) is 12.1 Å². The third-order valence-corrected chi connectivity index (χ3v) is 2.51. The Morgan fingerprint density at radius 3 is 2.42 bits per heavy atom. The summed E-state index contributed by atoms with van der Waals surface area (Å²) in [6.07, 6.45) is 1.64. The maximum atomic E-state index is 5.86. The predicted octanol–water partition coefficient (Wildman–Crippen LogP) is 0.228. The first kappa shape index (κ1) is 11.1. The van der Waals surface area contributed by atoms with E-state index in [1.807, 2.05) is 6.07 Å². The summed E-state index contributed by atoms with van der Waals surface area (Å²) < 4.78 is 0. The monoisotopic (exact) mass is 254 g/mol. The zero-order valence-electron chi connectivity index (χ0n) is 9.78. The van der Waals surface area contributed by atoms with Crippen LogP contribution in [0.25, 0.3) is 22.6 Å². The first-order chi connectivity index (χ1) is 9.15. The minimum Gasteiger partial charge on any atom is -0.382 e. The van der Waals surface area contributed by atoms with Crippen LogP contribution < -0.4 is 17.2 Å². The summed E-state index contributed by atoms with van der Waals surface area (Å²) in [5.74, 6) is 0.403. The summed E-state index contributed by atoms with van der Waals surface area (Å²) in [7, 11) is 0. The molecule has 0 unspecified atom stereocenters. The normalized spacial score (nSPS) is 10.7. The van der Waals surface area contributed by atoms with Crippen LogP contribution in [0.5, 0.6) is 0 Å². The Morgan fingerprint density at radius 2 is 1.68 bits per heavy atom. The fraction of sp³-hybridized carbons (Fsp3) is 0. The number of fused-ring (bicyclic) bond motifs is 1. The van der Waals surface area contributed by atoms with Crippen LogP contribution in [-0.4, -0.2) is 24.9 Å². The number of pyridine rings is 1. The molecule has 0 amide bonds. The van der Waals surface area contributed by atoms with Crippen LogP contribution in [0.2, 0.25) is 0 Å². The maximum Gasteiger partial charge on any atom is 0.224 e. The van der Waals surface area contributed by atoms with Gasteiger partial charge in [-0.15, -0.1) is 0 Å². The van der Waals surface area contributed by atoms with E-state index in [4.69, 9.17) is 17.2 Å². The molecular weight excluding hydrogens is 244 g/mol. The lowest BCUT2D eigenvalue weighted by atomic mass is 10.2. The molecule has 0 atom stereocenters. The highest BCUT2D eigenvalue weighted by Gasteiger charge is 2.13. The highest BCUT2D eigenvalue weighted by atomic mass is 15.1. The molecule has 3 aromatic rings. The third kappa shape index (κ3) is 1.84. The van der Waals surface area contributed by atoms with E-state index in [9.17, 15) is 0 Å². The average Bonchev–Trinajstić information content (AvgIpc) is 2.38. The van der Waals surface area contributed by atoms with Gasteiger partial charge in [0.2, 0.25) is 5.95 Å². The standard InChI is InChI=1S/C11H10N8/c12-8-6(5-3-1-2-4-15-5)16-7-9(13)18-11(14)19-10(7)17-8/h1-4H,(H6,12,13,14,17,18,19). The molecule has 3 heterocycles. The Kier molecular flexibility index (Phi) is 2.34. The Bertz CT molecular complexity index is 755. The molecule has 0 aromatic carbocycles. The van der Waals surface area contributed by atoms with E-state index in [1.54, 1.807) is 18.3 Å². The van der Waals surface area contributed by atoms with Crippen molar-refractivity contribution in [3.63, 3.8) is 0 Å². The quantitative estimate of drug-likeness (QED) is 0.560. The van der Waals surface area contributed by atoms with Crippen molar-refractivity contribution < 1.29 is 0 Å². The van der Waals surface area contributed by atoms with E-state index in [-0.39, 0.29) is 23.2 Å². The fourth-order valence-electron chi connectivity index (χ4n) is 1.69. The number of hydrogen-bond donors (Lipinski definition) is 3. The molecule has 0 saturated carbocycles. The van der Waals surface area contributed by atoms with Gasteiger partial charge in [-0.2, -0.15) is 9.97 Å². The summed E-state index contributed by atoms with van der Waals surface area (Å²) >= 11 is 0. The molecule has 19 heavy (non-hydrogen) atoms. The minimum atomic E-state index is 0.0317. The molecule has 0 bridgehead atoms. The lowest BCUT2D eigenvalue weighted by molar-refractivity contribution is 1.16. The van der Waals surface area contributed by atoms with Crippen LogP contribution in [0.4, 0.5) is 17.6 Å². The van der Waals surface area contributed by atoms with Crippen molar-refractivity contribution in [2.45, 2.75) is 0 Å². The minimum absolute atomic E-state index is 0.0317. The van der Waals surface area contributed by atoms with Gasteiger partial charge in [-0.25, -0.2) is 9.97 Å². The molecule has 94 valence electrons. The topological polar surface area (TPSA) is 143 Å². The molecule has 0 aliphatic heterocycles. The SMILES string of the molecule is Nc1nc(N)c2nc(-c3ccccn3)c(N)nc2n1. The van der Waals surface area contributed by atoms with E-state index >= 15 is 0 Å². The third-order valence-electron chi connectivity index (χ3n) is 2.51. The Balaban J connectivity index is 2.31. The molecule has 0 saturated heterocycles. The first-order valence-electron chi connectivity index (χ1n) is 5.43. The molecule has 0 radical (unpaired) electrons. The summed E-state index contributed by atoms with van der Waals surface area (Å²) in [5.41, 5.74) is 18.8. The van der Waals surface area contributed by atoms with E-state index in [0.717, 1.165) is 0 Å². The van der Waals surface area contributed by atoms with Crippen LogP contribution in [-0.2, 0) is 0 Å². The molecule has 0 spiro atoms. The van der Waals surface area contributed by atoms with E-state index < -0.39 is 0 Å². The van der Waals surface area contributed by atoms with Crippen molar-refractivity contribution in [2.75, 3.05) is 17.2 Å². The molecule has 3 aromatic heterocycles. The van der Waals surface area contributed by atoms with Crippen LogP contribution in [0, 0.1) is 0 Å². The van der Waals surface area contributed by atoms with E-state index in [0.29, 0.717) is 16.9 Å². The molecule has 6 N–H and O–H groups in total. The van der Waals surface area contributed by atoms with Gasteiger partial charge in [0.15, 0.2) is 22.8 Å². The van der Waals surface area contributed by atoms with Gasteiger partial charge in [-0.1, -0.05) is 6.07 Å². The highest BCUT2D eigenvalue weighted by Crippen LogP contribution is 2.24. The molecule has 8 heteroatoms. The maximum absolute atomic E-state index is 5.86. The molecule has 0 aliphatic carbocycles. The summed E-state index contributed by atoms with van der Waals surface area (Å²) in [5, 5.41) is 0. The number of nitrogen functional groups attached to an aromatic ring is 3. The molecule has 0 aliphatic rings. The summed E-state index contributed by atoms with van der Waals surface area (Å²) in [6.45, 7) is 0. The second-order valence-corrected chi connectivity index (χ2v) is 3.81. The number of rotatable bonds is 1. The Hall–Kier alpha value is -3.03. The van der Waals surface area contributed by atoms with Gasteiger partial charge >= 0.3 is 0 Å². The summed E-state index contributed by atoms with van der Waals surface area (Å²) in [4.78, 5) is 20.4. The van der Waals surface area contributed by atoms with Gasteiger partial charge in [0.25, 0.3) is 0 Å². The largest absolute Gasteiger partial charge is 0.382 e. The van der Waals surface area contributed by atoms with E-state index in [2.05, 4.69) is 24.9 Å². The van der Waals surface area contributed by atoms with E-state index in [1.165, 1.54) is 0 Å². The smallest absolute Gasteiger partial charge is 0.224 e. The highest BCUT2D eigenvalue weighted by molar-refractivity contribution is 5.86. The van der Waals surface area contributed by atoms with Gasteiger partial charge < -0.3 is 17.2 Å². The van der Waals surface area contributed by atoms with Gasteiger partial charge in [-0.3, -0.25) is 4.98 Å². The van der Waals surface area contributed by atoms with Crippen molar-refractivity contribution >= 4 is 28.7 Å². The second-order valence-electron chi connectivity index (χ2n) is 3.81. The number of anilines is 3. The predicted molar refractivity (Wildman–Crippen MR) is 71.6 cm³/mol. The van der Waals surface area contributed by atoms with Crippen LogP contribution in [0.1, 0.15) is 0 Å². The molecule has 8 nitrogen and oxygen atoms in total. The van der Waals surface area contributed by atoms with Gasteiger partial charge in [0.05, 0.1) is 5.69 Å². The molecule has 0 fully saturated rings. The van der Waals surface area contributed by atoms with Crippen molar-refractivity contribution in [1.29, 1.82) is 0 Å². The number of aromatic nitrogens is 5. The van der Waals surface area contributed by atoms with Crippen molar-refractivity contribution in [3.05, 3.63) is 24.4 Å². The number of hydrogen-bond acceptors (Lipinski definition) is 8. The molecular formula is C11H10N8. The lowest BCUT2D eigenvalue weighted by Gasteiger charge is -2.06. The van der Waals surface area contributed by atoms with Crippen molar-refractivity contribution in [3.8, 4) is 11.4 Å². The van der Waals surface area contributed by atoms with Crippen molar-refractivity contribution in [2.24, 2.45) is 0 Å². The van der Waals surface area contributed by atoms with Gasteiger partial charge in [0, 0.05) is 6.20 Å². The second kappa shape index (κ2) is 4.02. The fourth-order valence-corrected chi connectivity index (χ4v) is 1.69. The lowest BCUT2D eigenvalue weighted by Crippen LogP contribution is -2.06. The Labute approximate surface area is 107 Å². The van der Waals surface area contributed by atoms with Crippen LogP contribution in [0.15, 0.2) is 24.4 Å². The average molecular weight is 254 g/mol. The zero-order chi connectivity index (χ0) is 13.4. The number of nitrogens with two attached hydrogens (primary N) is 3.